The molecule has 3 aromatic rings. The van der Waals surface area contributed by atoms with Gasteiger partial charge >= 0.3 is 6.09 Å². The molecule has 2 amide bonds. The second-order valence-corrected chi connectivity index (χ2v) is 8.38. The third-order valence-corrected chi connectivity index (χ3v) is 4.43. The smallest absolute Gasteiger partial charge is 0.408 e. The summed E-state index contributed by atoms with van der Waals surface area (Å²) in [7, 11) is 0. The quantitative estimate of drug-likeness (QED) is 0.647. The lowest BCUT2D eigenvalue weighted by atomic mass is 10.1. The number of rotatable bonds is 6. The second-order valence-electron chi connectivity index (χ2n) is 8.38. The number of fused-ring (bicyclic) bond motifs is 1. The Bertz CT molecular complexity index is 1040. The number of hydrogen-bond acceptors (Lipinski definition) is 4. The third-order valence-electron chi connectivity index (χ3n) is 4.43. The van der Waals surface area contributed by atoms with Crippen molar-refractivity contribution in [3.05, 3.63) is 65.6 Å². The van der Waals surface area contributed by atoms with Crippen molar-refractivity contribution in [2.75, 3.05) is 6.54 Å². The summed E-state index contributed by atoms with van der Waals surface area (Å²) < 4.78 is 5.23. The van der Waals surface area contributed by atoms with E-state index in [9.17, 15) is 9.59 Å². The molecule has 3 rings (SSSR count). The van der Waals surface area contributed by atoms with Gasteiger partial charge in [0.15, 0.2) is 0 Å². The Kier molecular flexibility index (Phi) is 6.40. The topological polar surface area (TPSA) is 87.3 Å². The van der Waals surface area contributed by atoms with Gasteiger partial charge in [0, 0.05) is 37.2 Å². The van der Waals surface area contributed by atoms with Crippen LogP contribution in [0.2, 0.25) is 0 Å². The van der Waals surface area contributed by atoms with Crippen LogP contribution in [0.3, 0.4) is 0 Å². The first kappa shape index (κ1) is 21.4. The van der Waals surface area contributed by atoms with Crippen LogP contribution < -0.4 is 5.32 Å². The largest absolute Gasteiger partial charge is 0.444 e. The molecule has 0 spiro atoms. The van der Waals surface area contributed by atoms with Crippen molar-refractivity contribution in [2.24, 2.45) is 0 Å². The van der Waals surface area contributed by atoms with Gasteiger partial charge in [-0.25, -0.2) is 4.79 Å². The summed E-state index contributed by atoms with van der Waals surface area (Å²) in [6.45, 7) is 7.99. The van der Waals surface area contributed by atoms with Gasteiger partial charge in [-0.15, -0.1) is 0 Å². The summed E-state index contributed by atoms with van der Waals surface area (Å²) in [6.07, 6.45) is 4.81. The van der Waals surface area contributed by atoms with Crippen LogP contribution in [0.15, 0.2) is 48.9 Å². The second kappa shape index (κ2) is 8.98. The average Bonchev–Trinajstić information content (AvgIpc) is 3.12. The first-order valence-electron chi connectivity index (χ1n) is 9.91. The van der Waals surface area contributed by atoms with Gasteiger partial charge in [0.1, 0.15) is 12.1 Å². The number of carbonyl (C=O) groups is 2. The van der Waals surface area contributed by atoms with Gasteiger partial charge in [0.25, 0.3) is 0 Å². The number of hydrogen-bond donors (Lipinski definition) is 2. The highest BCUT2D eigenvalue weighted by Crippen LogP contribution is 2.17. The Hall–Kier alpha value is -3.35. The molecule has 0 radical (unpaired) electrons. The minimum Gasteiger partial charge on any atom is -0.444 e. The van der Waals surface area contributed by atoms with E-state index in [2.05, 4.69) is 21.4 Å². The van der Waals surface area contributed by atoms with E-state index in [1.54, 1.807) is 38.1 Å². The summed E-state index contributed by atoms with van der Waals surface area (Å²) in [6, 6.07) is 10.1. The zero-order valence-electron chi connectivity index (χ0n) is 17.9. The number of amides is 2. The van der Waals surface area contributed by atoms with Gasteiger partial charge in [0.2, 0.25) is 5.91 Å². The zero-order valence-corrected chi connectivity index (χ0v) is 17.9. The molecule has 2 aromatic heterocycles. The number of H-pyrrole nitrogens is 1. The molecule has 7 nitrogen and oxygen atoms in total. The molecule has 158 valence electrons. The number of aromatic amines is 1. The number of aromatic nitrogens is 2. The number of alkyl carbamates (subject to hydrolysis) is 1. The van der Waals surface area contributed by atoms with E-state index in [-0.39, 0.29) is 12.5 Å². The molecule has 30 heavy (non-hydrogen) atoms. The highest BCUT2D eigenvalue weighted by atomic mass is 16.6. The Labute approximate surface area is 176 Å². The number of ether oxygens (including phenoxy) is 1. The van der Waals surface area contributed by atoms with E-state index >= 15 is 0 Å². The average molecular weight is 409 g/mol. The maximum atomic E-state index is 12.9. The first-order valence-corrected chi connectivity index (χ1v) is 9.91. The van der Waals surface area contributed by atoms with Crippen molar-refractivity contribution in [2.45, 2.75) is 46.4 Å². The normalized spacial score (nSPS) is 11.3. The van der Waals surface area contributed by atoms with Crippen LogP contribution in [0, 0.1) is 6.92 Å². The van der Waals surface area contributed by atoms with Crippen molar-refractivity contribution in [1.82, 2.24) is 20.2 Å². The number of carbonyl (C=O) groups excluding carboxylic acids is 2. The molecule has 7 heteroatoms. The first-order chi connectivity index (χ1) is 14.2. The Morgan fingerprint density at radius 1 is 1.10 bits per heavy atom. The highest BCUT2D eigenvalue weighted by Gasteiger charge is 2.19. The van der Waals surface area contributed by atoms with Crippen molar-refractivity contribution in [3.8, 4) is 0 Å². The highest BCUT2D eigenvalue weighted by molar-refractivity contribution is 5.83. The molecule has 0 aliphatic carbocycles. The molecule has 0 aliphatic heterocycles. The zero-order chi connectivity index (χ0) is 21.7. The van der Waals surface area contributed by atoms with E-state index in [4.69, 9.17) is 4.74 Å². The molecule has 0 saturated carbocycles. The van der Waals surface area contributed by atoms with Gasteiger partial charge in [-0.1, -0.05) is 12.1 Å². The predicted molar refractivity (Wildman–Crippen MR) is 116 cm³/mol. The fourth-order valence-electron chi connectivity index (χ4n) is 3.15. The molecule has 2 heterocycles. The number of nitrogens with one attached hydrogen (secondary N) is 2. The molecule has 0 aliphatic rings. The molecule has 1 aromatic carbocycles. The Morgan fingerprint density at radius 3 is 2.60 bits per heavy atom. The van der Waals surface area contributed by atoms with Crippen LogP contribution in [-0.4, -0.2) is 39.0 Å². The van der Waals surface area contributed by atoms with Crippen molar-refractivity contribution in [1.29, 1.82) is 0 Å². The van der Waals surface area contributed by atoms with Gasteiger partial charge in [-0.3, -0.25) is 9.78 Å². The van der Waals surface area contributed by atoms with E-state index < -0.39 is 11.7 Å². The van der Waals surface area contributed by atoms with Gasteiger partial charge < -0.3 is 19.9 Å². The Balaban J connectivity index is 1.74. The van der Waals surface area contributed by atoms with Crippen molar-refractivity contribution < 1.29 is 14.3 Å². The van der Waals surface area contributed by atoms with E-state index in [0.717, 1.165) is 27.6 Å². The van der Waals surface area contributed by atoms with Gasteiger partial charge in [0.05, 0.1) is 0 Å². The summed E-state index contributed by atoms with van der Waals surface area (Å²) >= 11 is 0. The van der Waals surface area contributed by atoms with E-state index in [0.29, 0.717) is 13.1 Å². The summed E-state index contributed by atoms with van der Waals surface area (Å²) in [5.74, 6) is -0.198. The number of nitrogens with zero attached hydrogens (tertiary/aromatic N) is 2. The molecule has 2 N–H and O–H groups in total. The molecule has 0 unspecified atom stereocenters. The fourth-order valence-corrected chi connectivity index (χ4v) is 3.15. The SMILES string of the molecule is Cc1cncc(CN(Cc2ccc3[nH]ccc3c2)C(=O)CNC(=O)OC(C)(C)C)c1. The van der Waals surface area contributed by atoms with Crippen LogP contribution in [0.5, 0.6) is 0 Å². The monoisotopic (exact) mass is 408 g/mol. The molecule has 0 saturated heterocycles. The lowest BCUT2D eigenvalue weighted by Gasteiger charge is -2.24. The number of pyridine rings is 1. The van der Waals surface area contributed by atoms with E-state index in [1.807, 2.05) is 37.4 Å². The van der Waals surface area contributed by atoms with Crippen LogP contribution in [0.4, 0.5) is 4.79 Å². The van der Waals surface area contributed by atoms with E-state index in [1.165, 1.54) is 0 Å². The fraction of sp³-hybridized carbons (Fsp3) is 0.348. The maximum Gasteiger partial charge on any atom is 0.408 e. The lowest BCUT2D eigenvalue weighted by molar-refractivity contribution is -0.131. The van der Waals surface area contributed by atoms with Crippen LogP contribution in [0.1, 0.15) is 37.5 Å². The third kappa shape index (κ3) is 6.07. The maximum absolute atomic E-state index is 12.9. The lowest BCUT2D eigenvalue weighted by Crippen LogP contribution is -2.41. The molecule has 0 atom stereocenters. The molecular formula is C23H28N4O3. The Morgan fingerprint density at radius 2 is 1.87 bits per heavy atom. The standard InChI is InChI=1S/C23H28N4O3/c1-16-9-18(12-24-11-16)15-27(21(28)13-26-22(29)30-23(2,3)4)14-17-5-6-20-19(10-17)7-8-25-20/h5-12,25H,13-15H2,1-4H3,(H,26,29). The van der Waals surface area contributed by atoms with Crippen LogP contribution >= 0.6 is 0 Å². The van der Waals surface area contributed by atoms with Crippen LogP contribution in [-0.2, 0) is 22.6 Å². The minimum absolute atomic E-state index is 0.138. The van der Waals surface area contributed by atoms with Gasteiger partial charge in [-0.2, -0.15) is 0 Å². The van der Waals surface area contributed by atoms with Crippen molar-refractivity contribution in [3.63, 3.8) is 0 Å². The van der Waals surface area contributed by atoms with Crippen LogP contribution in [0.25, 0.3) is 10.9 Å². The summed E-state index contributed by atoms with van der Waals surface area (Å²) in [5, 5.41) is 3.64. The number of benzene rings is 1. The van der Waals surface area contributed by atoms with Crippen molar-refractivity contribution >= 4 is 22.9 Å². The summed E-state index contributed by atoms with van der Waals surface area (Å²) in [5.41, 5.74) is 3.40. The predicted octanol–water partition coefficient (Wildman–Crippen LogP) is 3.92. The molecular weight excluding hydrogens is 380 g/mol. The molecule has 0 bridgehead atoms. The number of aryl methyl sites for hydroxylation is 1. The summed E-state index contributed by atoms with van der Waals surface area (Å²) in [4.78, 5) is 34.0. The van der Waals surface area contributed by atoms with Gasteiger partial charge in [-0.05, 0) is 68.0 Å². The molecule has 0 fully saturated rings. The minimum atomic E-state index is -0.619.